The van der Waals surface area contributed by atoms with Gasteiger partial charge in [-0.05, 0) is 49.5 Å². The van der Waals surface area contributed by atoms with Crippen molar-refractivity contribution in [1.82, 2.24) is 20.8 Å². The van der Waals surface area contributed by atoms with Crippen LogP contribution in [0.15, 0.2) is 64.8 Å². The van der Waals surface area contributed by atoms with E-state index in [2.05, 4.69) is 47.8 Å². The molecule has 208 valence electrons. The van der Waals surface area contributed by atoms with Gasteiger partial charge in [0.25, 0.3) is 0 Å². The van der Waals surface area contributed by atoms with Crippen LogP contribution in [0.4, 0.5) is 16.2 Å². The highest BCUT2D eigenvalue weighted by atomic mass is 35.5. The number of likely N-dealkylation sites (N-methyl/N-ethyl adjacent to an activating group) is 1. The first-order valence-corrected chi connectivity index (χ1v) is 12.5. The van der Waals surface area contributed by atoms with Crippen LogP contribution in [-0.4, -0.2) is 56.0 Å². The Morgan fingerprint density at radius 1 is 1.18 bits per heavy atom. The molecule has 0 radical (unpaired) electrons. The quantitative estimate of drug-likeness (QED) is 0.0864. The predicted octanol–water partition coefficient (Wildman–Crippen LogP) is 4.04. The Bertz CT molecular complexity index is 1420. The van der Waals surface area contributed by atoms with E-state index in [4.69, 9.17) is 29.0 Å². The molecule has 0 bridgehead atoms. The molecule has 0 aliphatic carbocycles. The summed E-state index contributed by atoms with van der Waals surface area (Å²) < 4.78 is 4.60. The number of methoxy groups -OCH3 is 1. The highest BCUT2D eigenvalue weighted by Crippen LogP contribution is 2.27. The van der Waals surface area contributed by atoms with Crippen molar-refractivity contribution in [2.45, 2.75) is 6.04 Å². The van der Waals surface area contributed by atoms with E-state index in [1.54, 1.807) is 61.7 Å². The summed E-state index contributed by atoms with van der Waals surface area (Å²) in [6, 6.07) is 13.1. The van der Waals surface area contributed by atoms with Gasteiger partial charge >= 0.3 is 6.09 Å². The van der Waals surface area contributed by atoms with Gasteiger partial charge in [-0.2, -0.15) is 5.10 Å². The van der Waals surface area contributed by atoms with Crippen molar-refractivity contribution in [3.8, 4) is 11.3 Å². The van der Waals surface area contributed by atoms with Crippen molar-refractivity contribution < 1.29 is 14.3 Å². The zero-order valence-corrected chi connectivity index (χ0v) is 23.1. The molecule has 0 aliphatic heterocycles. The molecule has 12 nitrogen and oxygen atoms in total. The topological polar surface area (TPSA) is 159 Å². The molecular formula is C26H27Cl2N9O3. The molecule has 14 heteroatoms. The summed E-state index contributed by atoms with van der Waals surface area (Å²) in [5, 5.41) is 25.7. The number of hydrogen-bond donors (Lipinski definition) is 4. The average molecular weight is 584 g/mol. The van der Waals surface area contributed by atoms with Gasteiger partial charge in [-0.3, -0.25) is 15.1 Å². The molecule has 0 spiro atoms. The zero-order chi connectivity index (χ0) is 29.1. The van der Waals surface area contributed by atoms with Gasteiger partial charge in [0.2, 0.25) is 5.91 Å². The summed E-state index contributed by atoms with van der Waals surface area (Å²) in [5.41, 5.74) is 3.47. The molecule has 5 N–H and O–H groups in total. The largest absolute Gasteiger partial charge is 0.453 e. The lowest BCUT2D eigenvalue weighted by Gasteiger charge is -2.19. The predicted molar refractivity (Wildman–Crippen MR) is 159 cm³/mol. The van der Waals surface area contributed by atoms with Crippen LogP contribution >= 0.6 is 23.2 Å². The molecule has 0 fully saturated rings. The van der Waals surface area contributed by atoms with E-state index in [1.807, 2.05) is 0 Å². The molecule has 0 saturated heterocycles. The van der Waals surface area contributed by atoms with Crippen molar-refractivity contribution in [2.75, 3.05) is 31.0 Å². The number of rotatable bonds is 11. The van der Waals surface area contributed by atoms with Crippen LogP contribution in [-0.2, 0) is 9.53 Å². The third kappa shape index (κ3) is 8.32. The van der Waals surface area contributed by atoms with Crippen LogP contribution in [0.1, 0.15) is 17.2 Å². The van der Waals surface area contributed by atoms with Crippen molar-refractivity contribution >= 4 is 65.7 Å². The van der Waals surface area contributed by atoms with E-state index in [-0.39, 0.29) is 5.15 Å². The molecule has 1 unspecified atom stereocenters. The van der Waals surface area contributed by atoms with Crippen molar-refractivity contribution in [3.05, 3.63) is 75.9 Å². The Morgan fingerprint density at radius 2 is 1.93 bits per heavy atom. The summed E-state index contributed by atoms with van der Waals surface area (Å²) in [4.78, 5) is 24.4. The number of carbonyl (C=O) groups is 2. The lowest BCUT2D eigenvalue weighted by molar-refractivity contribution is -0.117. The van der Waals surface area contributed by atoms with Gasteiger partial charge in [0.05, 0.1) is 24.5 Å². The highest BCUT2D eigenvalue weighted by Gasteiger charge is 2.19. The Kier molecular flexibility index (Phi) is 11.1. The number of nitrogens with two attached hydrogens (primary N) is 1. The maximum atomic E-state index is 13.0. The van der Waals surface area contributed by atoms with Crippen LogP contribution in [0.25, 0.3) is 17.3 Å². The molecule has 1 heterocycles. The number of benzene rings is 2. The van der Waals surface area contributed by atoms with E-state index < -0.39 is 18.0 Å². The first-order valence-electron chi connectivity index (χ1n) is 11.7. The van der Waals surface area contributed by atoms with Gasteiger partial charge in [0.15, 0.2) is 5.15 Å². The van der Waals surface area contributed by atoms with Crippen LogP contribution in [0.2, 0.25) is 10.2 Å². The fourth-order valence-electron chi connectivity index (χ4n) is 3.55. The summed E-state index contributed by atoms with van der Waals surface area (Å²) >= 11 is 12.5. The van der Waals surface area contributed by atoms with Gasteiger partial charge < -0.3 is 15.4 Å². The molecule has 3 aromatic rings. The van der Waals surface area contributed by atoms with Crippen LogP contribution in [0.5, 0.6) is 0 Å². The smallest absolute Gasteiger partial charge is 0.411 e. The SMILES string of the molecule is C=N/N=C\N(N)c1ccc(Cl)cc1/C=C/C(=O)NC(CNC)c1cc(-c2ccc(NC(=O)OC)cc2)nnc1Cl. The number of amides is 2. The molecular weight excluding hydrogens is 557 g/mol. The molecule has 40 heavy (non-hydrogen) atoms. The Balaban J connectivity index is 1.82. The van der Waals surface area contributed by atoms with Crippen LogP contribution < -0.4 is 26.8 Å². The maximum Gasteiger partial charge on any atom is 0.411 e. The molecule has 2 aromatic carbocycles. The van der Waals surface area contributed by atoms with Crippen molar-refractivity contribution in [2.24, 2.45) is 16.0 Å². The Labute approximate surface area is 240 Å². The molecule has 1 atom stereocenters. The molecule has 2 amide bonds. The van der Waals surface area contributed by atoms with E-state index in [0.29, 0.717) is 39.8 Å². The van der Waals surface area contributed by atoms with Gasteiger partial charge in [-0.15, -0.1) is 15.3 Å². The first-order chi connectivity index (χ1) is 19.2. The van der Waals surface area contributed by atoms with E-state index in [9.17, 15) is 9.59 Å². The van der Waals surface area contributed by atoms with Gasteiger partial charge in [-0.25, -0.2) is 10.6 Å². The van der Waals surface area contributed by atoms with Crippen LogP contribution in [0.3, 0.4) is 0 Å². The number of hydrazine groups is 1. The minimum Gasteiger partial charge on any atom is -0.453 e. The van der Waals surface area contributed by atoms with Crippen molar-refractivity contribution in [3.63, 3.8) is 0 Å². The van der Waals surface area contributed by atoms with Crippen molar-refractivity contribution in [1.29, 1.82) is 0 Å². The number of halogens is 2. The number of nitrogens with one attached hydrogen (secondary N) is 3. The fraction of sp³-hybridized carbons (Fsp3) is 0.154. The van der Waals surface area contributed by atoms with Gasteiger partial charge in [-0.1, -0.05) is 35.3 Å². The number of aromatic nitrogens is 2. The maximum absolute atomic E-state index is 13.0. The molecule has 1 aromatic heterocycles. The van der Waals surface area contributed by atoms with E-state index >= 15 is 0 Å². The number of ether oxygens (including phenoxy) is 1. The standard InChI is InChI=1S/C26H27Cl2N9O3/c1-30-14-22(34-24(38)11-6-17-12-18(27)7-10-23(17)37(29)15-32-31-2)20-13-21(35-36-25(20)28)16-4-8-19(9-5-16)33-26(39)40-3/h4-13,15,22,30H,2,14,29H2,1,3H3,(H,33,39)(H,34,38)/b11-6+,32-15-. The third-order valence-electron chi connectivity index (χ3n) is 5.43. The number of nitrogens with zero attached hydrogens (tertiary/aromatic N) is 5. The molecule has 0 saturated carbocycles. The van der Waals surface area contributed by atoms with E-state index in [0.717, 1.165) is 5.56 Å². The number of hydrogen-bond acceptors (Lipinski definition) is 9. The lowest BCUT2D eigenvalue weighted by atomic mass is 10.0. The zero-order valence-electron chi connectivity index (χ0n) is 21.6. The normalized spacial score (nSPS) is 11.8. The highest BCUT2D eigenvalue weighted by molar-refractivity contribution is 6.31. The monoisotopic (exact) mass is 583 g/mol. The number of anilines is 2. The summed E-state index contributed by atoms with van der Waals surface area (Å²) in [6.07, 6.45) is 3.62. The second-order valence-corrected chi connectivity index (χ2v) is 8.90. The van der Waals surface area contributed by atoms with E-state index in [1.165, 1.54) is 24.5 Å². The molecule has 0 aliphatic rings. The second kappa shape index (κ2) is 14.7. The Hall–Kier alpha value is -4.36. The molecule has 3 rings (SSSR count). The summed E-state index contributed by atoms with van der Waals surface area (Å²) in [7, 11) is 3.03. The number of carbonyl (C=O) groups excluding carboxylic acids is 2. The second-order valence-electron chi connectivity index (χ2n) is 8.10. The third-order valence-corrected chi connectivity index (χ3v) is 5.96. The first kappa shape index (κ1) is 30.2. The average Bonchev–Trinajstić information content (AvgIpc) is 2.95. The lowest BCUT2D eigenvalue weighted by Crippen LogP contribution is -2.34. The van der Waals surface area contributed by atoms with Crippen LogP contribution in [0, 0.1) is 0 Å². The summed E-state index contributed by atoms with van der Waals surface area (Å²) in [6.45, 7) is 3.63. The minimum absolute atomic E-state index is 0.142. The van der Waals surface area contributed by atoms with Gasteiger partial charge in [0, 0.05) is 46.7 Å². The Morgan fingerprint density at radius 3 is 2.60 bits per heavy atom. The van der Waals surface area contributed by atoms with Gasteiger partial charge in [0.1, 0.15) is 6.34 Å². The minimum atomic E-state index is -0.577. The summed E-state index contributed by atoms with van der Waals surface area (Å²) in [5.74, 6) is 5.61. The fourth-order valence-corrected chi connectivity index (χ4v) is 3.95.